The van der Waals surface area contributed by atoms with Crippen LogP contribution in [0, 0.1) is 0 Å². The van der Waals surface area contributed by atoms with Gasteiger partial charge in [-0.25, -0.2) is 14.2 Å². The third-order valence-electron chi connectivity index (χ3n) is 2.96. The smallest absolute Gasteiger partial charge is 0.328 e. The van der Waals surface area contributed by atoms with Crippen LogP contribution in [0.4, 0.5) is 4.39 Å². The van der Waals surface area contributed by atoms with E-state index in [1.165, 1.54) is 7.05 Å². The molecule has 0 saturated carbocycles. The van der Waals surface area contributed by atoms with E-state index in [1.807, 2.05) is 0 Å². The Morgan fingerprint density at radius 2 is 2.30 bits per heavy atom. The Morgan fingerprint density at radius 1 is 1.55 bits per heavy atom. The van der Waals surface area contributed by atoms with Gasteiger partial charge in [0, 0.05) is 27.4 Å². The largest absolute Gasteiger partial charge is 0.332 e. The maximum atomic E-state index is 13.2. The summed E-state index contributed by atoms with van der Waals surface area (Å²) in [5.41, 5.74) is -2.32. The molecule has 2 aromatic heterocycles. The van der Waals surface area contributed by atoms with Gasteiger partial charge in [0.1, 0.15) is 1.37 Å². The summed E-state index contributed by atoms with van der Waals surface area (Å²) in [5.74, 6) is 0. The van der Waals surface area contributed by atoms with Gasteiger partial charge in [-0.15, -0.1) is 0 Å². The van der Waals surface area contributed by atoms with Gasteiger partial charge >= 0.3 is 5.69 Å². The van der Waals surface area contributed by atoms with Crippen molar-refractivity contribution in [1.29, 1.82) is 0 Å². The molecule has 1 atom stereocenters. The van der Waals surface area contributed by atoms with Gasteiger partial charge in [-0.1, -0.05) is 0 Å². The summed E-state index contributed by atoms with van der Waals surface area (Å²) >= 11 is 0. The molecule has 110 valence electrons. The van der Waals surface area contributed by atoms with Gasteiger partial charge in [0.25, 0.3) is 5.56 Å². The predicted octanol–water partition coefficient (Wildman–Crippen LogP) is 0.962. The van der Waals surface area contributed by atoms with Crippen LogP contribution in [0.3, 0.4) is 0 Å². The molecule has 7 heteroatoms. The number of nitrogens with zero attached hydrogens (tertiary/aromatic N) is 4. The molecule has 0 unspecified atom stereocenters. The van der Waals surface area contributed by atoms with Crippen LogP contribution in [0.2, 0.25) is 0 Å². The van der Waals surface area contributed by atoms with E-state index in [0.717, 1.165) is 16.1 Å². The van der Waals surface area contributed by atoms with Crippen molar-refractivity contribution >= 4 is 11.2 Å². The molecule has 0 aliphatic carbocycles. The number of fused-ring (bicyclic) bond motifs is 1. The number of aromatic nitrogens is 4. The van der Waals surface area contributed by atoms with Crippen molar-refractivity contribution in [2.24, 2.45) is 14.0 Å². The van der Waals surface area contributed by atoms with E-state index in [0.29, 0.717) is 4.57 Å². The number of halogens is 1. The zero-order valence-corrected chi connectivity index (χ0v) is 11.2. The molecule has 0 amide bonds. The summed E-state index contributed by atoms with van der Waals surface area (Å²) in [5, 5.41) is 0. The highest BCUT2D eigenvalue weighted by Crippen LogP contribution is 2.06. The molecule has 0 N–H and O–H groups in total. The van der Waals surface area contributed by atoms with Crippen LogP contribution in [0.15, 0.2) is 15.9 Å². The summed E-state index contributed by atoms with van der Waals surface area (Å²) in [6.45, 7) is -1.96. The minimum Gasteiger partial charge on any atom is -0.328 e. The lowest BCUT2D eigenvalue weighted by Crippen LogP contribution is -2.39. The topological polar surface area (TPSA) is 61.8 Å². The first-order valence-electron chi connectivity index (χ1n) is 9.12. The standard InChI is InChI=1S/C13H19FN4O2/c1-9(14)6-4-5-7-18-12(19)10-11(15-8-16(10)2)17(3)13(18)20/h8-9H,4-7H2,1-3H3/t9-/m0/s1/i2D3,6D2,8D. The second-order valence-corrected chi connectivity index (χ2v) is 4.44. The summed E-state index contributed by atoms with van der Waals surface area (Å²) in [6.07, 6.45) is -4.72. The van der Waals surface area contributed by atoms with E-state index >= 15 is 0 Å². The molecule has 0 fully saturated rings. The van der Waals surface area contributed by atoms with Gasteiger partial charge in [-0.2, -0.15) is 0 Å². The van der Waals surface area contributed by atoms with Crippen LogP contribution in [0.1, 0.15) is 34.4 Å². The molecule has 6 nitrogen and oxygen atoms in total. The second-order valence-electron chi connectivity index (χ2n) is 4.44. The van der Waals surface area contributed by atoms with E-state index < -0.39 is 42.6 Å². The SMILES string of the molecule is [2H]c1nc2c(c(=O)n(CCCC([2H])([2H])[C@H](C)F)c(=O)n2C)n1C([2H])([2H])[2H]. The molecule has 0 aromatic carbocycles. The number of imidazole rings is 1. The molecule has 0 spiro atoms. The molecule has 2 rings (SSSR count). The average Bonchev–Trinajstić information content (AvgIpc) is 2.86. The Labute approximate surface area is 123 Å². The van der Waals surface area contributed by atoms with Gasteiger partial charge in [0.15, 0.2) is 11.2 Å². The lowest BCUT2D eigenvalue weighted by atomic mass is 10.2. The first-order chi connectivity index (χ1) is 11.8. The fourth-order valence-electron chi connectivity index (χ4n) is 1.95. The Kier molecular flexibility index (Phi) is 2.35. The van der Waals surface area contributed by atoms with Crippen molar-refractivity contribution in [2.45, 2.75) is 38.9 Å². The molecule has 20 heavy (non-hydrogen) atoms. The third-order valence-corrected chi connectivity index (χ3v) is 2.96. The Morgan fingerprint density at radius 3 is 2.95 bits per heavy atom. The number of alkyl halides is 1. The van der Waals surface area contributed by atoms with E-state index in [9.17, 15) is 14.0 Å². The Hall–Kier alpha value is -1.92. The number of aryl methyl sites for hydroxylation is 2. The quantitative estimate of drug-likeness (QED) is 0.823. The average molecular weight is 288 g/mol. The highest BCUT2D eigenvalue weighted by atomic mass is 19.1. The molecule has 2 aromatic rings. The normalized spacial score (nSPS) is 18.8. The molecular formula is C13H19FN4O2. The monoisotopic (exact) mass is 288 g/mol. The van der Waals surface area contributed by atoms with Crippen molar-refractivity contribution < 1.29 is 12.6 Å². The Bertz CT molecular complexity index is 943. The predicted molar refractivity (Wildman–Crippen MR) is 74.6 cm³/mol. The van der Waals surface area contributed by atoms with Crippen molar-refractivity contribution in [3.05, 3.63) is 27.1 Å². The minimum absolute atomic E-state index is 0.00243. The molecular weight excluding hydrogens is 263 g/mol. The fraction of sp³-hybridized carbons (Fsp3) is 0.615. The van der Waals surface area contributed by atoms with Crippen LogP contribution in [0.25, 0.3) is 11.2 Å². The minimum atomic E-state index is -2.83. The molecule has 0 aliphatic heterocycles. The molecule has 0 bridgehead atoms. The number of hydrogen-bond donors (Lipinski definition) is 0. The maximum Gasteiger partial charge on any atom is 0.332 e. The zero-order valence-electron chi connectivity index (χ0n) is 17.2. The van der Waals surface area contributed by atoms with Gasteiger partial charge < -0.3 is 4.57 Å². The first kappa shape index (κ1) is 8.39. The molecule has 0 saturated heterocycles. The van der Waals surface area contributed by atoms with Crippen LogP contribution in [-0.4, -0.2) is 24.9 Å². The number of hydrogen-bond acceptors (Lipinski definition) is 3. The fourth-order valence-corrected chi connectivity index (χ4v) is 1.95. The Balaban J connectivity index is 2.55. The molecule has 0 aliphatic rings. The zero-order chi connectivity index (χ0) is 20.0. The first-order valence-corrected chi connectivity index (χ1v) is 6.12. The van der Waals surface area contributed by atoms with Crippen LogP contribution >= 0.6 is 0 Å². The van der Waals surface area contributed by atoms with Crippen LogP contribution in [0.5, 0.6) is 0 Å². The lowest BCUT2D eigenvalue weighted by Gasteiger charge is -2.08. The van der Waals surface area contributed by atoms with Gasteiger partial charge in [-0.3, -0.25) is 13.9 Å². The van der Waals surface area contributed by atoms with Crippen LogP contribution < -0.4 is 11.2 Å². The van der Waals surface area contributed by atoms with Crippen molar-refractivity contribution in [1.82, 2.24) is 18.7 Å². The molecule has 0 radical (unpaired) electrons. The van der Waals surface area contributed by atoms with Gasteiger partial charge in [-0.05, 0) is 26.1 Å². The maximum absolute atomic E-state index is 13.2. The van der Waals surface area contributed by atoms with E-state index in [1.54, 1.807) is 0 Å². The van der Waals surface area contributed by atoms with Gasteiger partial charge in [0.2, 0.25) is 0 Å². The van der Waals surface area contributed by atoms with Gasteiger partial charge in [0.05, 0.1) is 12.5 Å². The molecule has 2 heterocycles. The van der Waals surface area contributed by atoms with Crippen LogP contribution in [-0.2, 0) is 20.6 Å². The van der Waals surface area contributed by atoms with E-state index in [4.69, 9.17) is 8.22 Å². The van der Waals surface area contributed by atoms with Crippen molar-refractivity contribution in [3.63, 3.8) is 0 Å². The number of rotatable bonds is 5. The summed E-state index contributed by atoms with van der Waals surface area (Å²) in [4.78, 5) is 28.7. The summed E-state index contributed by atoms with van der Waals surface area (Å²) in [6, 6.07) is 0. The summed E-state index contributed by atoms with van der Waals surface area (Å²) in [7, 11) is 1.29. The third kappa shape index (κ3) is 2.52. The van der Waals surface area contributed by atoms with Crippen molar-refractivity contribution in [2.75, 3.05) is 0 Å². The van der Waals surface area contributed by atoms with E-state index in [-0.39, 0.29) is 25.0 Å². The second kappa shape index (κ2) is 5.60. The van der Waals surface area contributed by atoms with Crippen molar-refractivity contribution in [3.8, 4) is 0 Å². The lowest BCUT2D eigenvalue weighted by molar-refractivity contribution is 0.328. The highest BCUT2D eigenvalue weighted by molar-refractivity contribution is 5.69. The van der Waals surface area contributed by atoms with E-state index in [2.05, 4.69) is 4.98 Å². The highest BCUT2D eigenvalue weighted by Gasteiger charge is 2.14. The summed E-state index contributed by atoms with van der Waals surface area (Å²) < 4.78 is 60.7.